The molecule has 1 aliphatic heterocycles. The van der Waals surface area contributed by atoms with Crippen molar-refractivity contribution in [2.45, 2.75) is 32.6 Å². The highest BCUT2D eigenvalue weighted by Crippen LogP contribution is 2.21. The minimum atomic E-state index is -0.580. The fraction of sp³-hybridized carbons (Fsp3) is 0.579. The zero-order valence-electron chi connectivity index (χ0n) is 15.6. The first-order valence-electron chi connectivity index (χ1n) is 9.02. The number of likely N-dealkylation sites (tertiary alicyclic amines) is 1. The molecule has 1 heterocycles. The van der Waals surface area contributed by atoms with Gasteiger partial charge in [-0.3, -0.25) is 9.79 Å². The lowest BCUT2D eigenvalue weighted by atomic mass is 9.97. The Morgan fingerprint density at radius 1 is 1.38 bits per heavy atom. The monoisotopic (exact) mass is 367 g/mol. The molecule has 0 aliphatic carbocycles. The van der Waals surface area contributed by atoms with Crippen molar-refractivity contribution in [1.29, 1.82) is 0 Å². The van der Waals surface area contributed by atoms with E-state index in [9.17, 15) is 13.6 Å². The van der Waals surface area contributed by atoms with Crippen molar-refractivity contribution in [3.05, 3.63) is 35.4 Å². The molecule has 0 saturated carbocycles. The average molecular weight is 367 g/mol. The van der Waals surface area contributed by atoms with Crippen LogP contribution in [0.3, 0.4) is 0 Å². The molecule has 2 rings (SSSR count). The number of guanidine groups is 1. The van der Waals surface area contributed by atoms with Crippen molar-refractivity contribution in [3.63, 3.8) is 0 Å². The molecular weight excluding hydrogens is 340 g/mol. The number of piperidine rings is 1. The van der Waals surface area contributed by atoms with Gasteiger partial charge < -0.3 is 15.0 Å². The molecule has 1 fully saturated rings. The van der Waals surface area contributed by atoms with E-state index in [1.165, 1.54) is 19.2 Å². The maximum absolute atomic E-state index is 13.9. The zero-order chi connectivity index (χ0) is 19.1. The number of aliphatic imine (C=N–C) groups is 1. The van der Waals surface area contributed by atoms with Crippen molar-refractivity contribution in [3.8, 4) is 0 Å². The lowest BCUT2D eigenvalue weighted by Crippen LogP contribution is -2.46. The van der Waals surface area contributed by atoms with Gasteiger partial charge in [-0.25, -0.2) is 8.78 Å². The van der Waals surface area contributed by atoms with E-state index in [2.05, 4.69) is 15.2 Å². The summed E-state index contributed by atoms with van der Waals surface area (Å²) in [5, 5.41) is 3.25. The maximum atomic E-state index is 13.9. The Balaban J connectivity index is 2.01. The van der Waals surface area contributed by atoms with Crippen molar-refractivity contribution in [2.75, 3.05) is 33.3 Å². The lowest BCUT2D eigenvalue weighted by molar-refractivity contribution is -0.146. The number of benzene rings is 1. The molecule has 1 saturated heterocycles. The second-order valence-corrected chi connectivity index (χ2v) is 6.55. The summed E-state index contributed by atoms with van der Waals surface area (Å²) in [5.41, 5.74) is 0.454. The van der Waals surface area contributed by atoms with Gasteiger partial charge in [-0.2, -0.15) is 0 Å². The molecule has 1 aromatic carbocycles. The molecule has 26 heavy (non-hydrogen) atoms. The Labute approximate surface area is 153 Å². The van der Waals surface area contributed by atoms with E-state index in [0.717, 1.165) is 31.4 Å². The van der Waals surface area contributed by atoms with Gasteiger partial charge in [-0.1, -0.05) is 13.0 Å². The van der Waals surface area contributed by atoms with Crippen LogP contribution in [0.2, 0.25) is 0 Å². The van der Waals surface area contributed by atoms with Crippen molar-refractivity contribution < 1.29 is 18.3 Å². The summed E-state index contributed by atoms with van der Waals surface area (Å²) >= 11 is 0. The number of carbonyl (C=O) groups is 1. The molecule has 1 unspecified atom stereocenters. The maximum Gasteiger partial charge on any atom is 0.308 e. The predicted octanol–water partition coefficient (Wildman–Crippen LogP) is 2.92. The molecule has 0 amide bonds. The molecule has 1 N–H and O–H groups in total. The zero-order valence-corrected chi connectivity index (χ0v) is 15.6. The number of carbonyl (C=O) groups excluding carboxylic acids is 1. The molecule has 0 spiro atoms. The second-order valence-electron chi connectivity index (χ2n) is 6.55. The highest BCUT2D eigenvalue weighted by molar-refractivity contribution is 5.80. The van der Waals surface area contributed by atoms with Gasteiger partial charge in [0, 0.05) is 38.2 Å². The Kier molecular flexibility index (Phi) is 7.36. The molecule has 0 bridgehead atoms. The van der Waals surface area contributed by atoms with Crippen LogP contribution in [-0.4, -0.2) is 50.1 Å². The van der Waals surface area contributed by atoms with E-state index in [4.69, 9.17) is 4.74 Å². The Morgan fingerprint density at radius 3 is 2.65 bits per heavy atom. The minimum Gasteiger partial charge on any atom is -0.469 e. The Bertz CT molecular complexity index is 644. The van der Waals surface area contributed by atoms with Crippen LogP contribution in [0, 0.1) is 17.6 Å². The lowest BCUT2D eigenvalue weighted by Gasteiger charge is -2.33. The fourth-order valence-corrected chi connectivity index (χ4v) is 3.14. The van der Waals surface area contributed by atoms with Gasteiger partial charge in [0.1, 0.15) is 11.6 Å². The fourth-order valence-electron chi connectivity index (χ4n) is 3.14. The summed E-state index contributed by atoms with van der Waals surface area (Å²) in [6.07, 6.45) is 1.44. The van der Waals surface area contributed by atoms with Crippen LogP contribution in [-0.2, 0) is 9.53 Å². The van der Waals surface area contributed by atoms with Gasteiger partial charge in [-0.15, -0.1) is 0 Å². The summed E-state index contributed by atoms with van der Waals surface area (Å²) in [7, 11) is 1.41. The van der Waals surface area contributed by atoms with Gasteiger partial charge in [0.05, 0.1) is 13.0 Å². The summed E-state index contributed by atoms with van der Waals surface area (Å²) in [6.45, 7) is 6.39. The first-order chi connectivity index (χ1) is 12.5. The van der Waals surface area contributed by atoms with E-state index < -0.39 is 11.6 Å². The number of ether oxygens (including phenoxy) is 1. The number of esters is 1. The number of halogens is 2. The van der Waals surface area contributed by atoms with Crippen LogP contribution in [0.1, 0.15) is 38.2 Å². The van der Waals surface area contributed by atoms with Crippen molar-refractivity contribution in [2.24, 2.45) is 10.9 Å². The third-order valence-corrected chi connectivity index (χ3v) is 4.67. The van der Waals surface area contributed by atoms with Gasteiger partial charge in [0.2, 0.25) is 0 Å². The summed E-state index contributed by atoms with van der Waals surface area (Å²) in [5.74, 6) is -0.763. The van der Waals surface area contributed by atoms with E-state index in [1.54, 1.807) is 0 Å². The normalized spacial score (nSPS) is 17.1. The molecule has 1 aliphatic rings. The van der Waals surface area contributed by atoms with E-state index >= 15 is 0 Å². The SMILES string of the molecule is CCNC(=NCC(C)c1ccc(F)cc1F)N1CCC(C(=O)OC)CC1. The summed E-state index contributed by atoms with van der Waals surface area (Å²) < 4.78 is 31.8. The highest BCUT2D eigenvalue weighted by atomic mass is 19.1. The largest absolute Gasteiger partial charge is 0.469 e. The highest BCUT2D eigenvalue weighted by Gasteiger charge is 2.27. The van der Waals surface area contributed by atoms with Crippen LogP contribution in [0.25, 0.3) is 0 Å². The Morgan fingerprint density at radius 2 is 2.08 bits per heavy atom. The molecule has 0 aromatic heterocycles. The van der Waals surface area contributed by atoms with Crippen LogP contribution >= 0.6 is 0 Å². The molecule has 1 atom stereocenters. The van der Waals surface area contributed by atoms with Gasteiger partial charge in [0.15, 0.2) is 5.96 Å². The van der Waals surface area contributed by atoms with Gasteiger partial charge in [0.25, 0.3) is 0 Å². The van der Waals surface area contributed by atoms with E-state index in [-0.39, 0.29) is 17.8 Å². The summed E-state index contributed by atoms with van der Waals surface area (Å²) in [4.78, 5) is 18.4. The smallest absolute Gasteiger partial charge is 0.308 e. The van der Waals surface area contributed by atoms with Crippen LogP contribution < -0.4 is 5.32 Å². The minimum absolute atomic E-state index is 0.0636. The first-order valence-corrected chi connectivity index (χ1v) is 9.02. The number of hydrogen-bond donors (Lipinski definition) is 1. The molecule has 7 heteroatoms. The number of methoxy groups -OCH3 is 1. The second kappa shape index (κ2) is 9.50. The van der Waals surface area contributed by atoms with Crippen molar-refractivity contribution >= 4 is 11.9 Å². The van der Waals surface area contributed by atoms with Crippen LogP contribution in [0.5, 0.6) is 0 Å². The first kappa shape index (κ1) is 20.1. The van der Waals surface area contributed by atoms with Gasteiger partial charge >= 0.3 is 5.97 Å². The molecule has 5 nitrogen and oxygen atoms in total. The van der Waals surface area contributed by atoms with Crippen LogP contribution in [0.4, 0.5) is 8.78 Å². The molecule has 144 valence electrons. The third kappa shape index (κ3) is 5.16. The number of hydrogen-bond acceptors (Lipinski definition) is 3. The van der Waals surface area contributed by atoms with Crippen LogP contribution in [0.15, 0.2) is 23.2 Å². The third-order valence-electron chi connectivity index (χ3n) is 4.67. The summed E-state index contributed by atoms with van der Waals surface area (Å²) in [6, 6.07) is 3.64. The number of nitrogens with zero attached hydrogens (tertiary/aromatic N) is 2. The topological polar surface area (TPSA) is 53.9 Å². The van der Waals surface area contributed by atoms with E-state index in [1.807, 2.05) is 13.8 Å². The standard InChI is InChI=1S/C19H27F2N3O2/c1-4-22-19(24-9-7-14(8-10-24)18(25)26-3)23-12-13(2)16-6-5-15(20)11-17(16)21/h5-6,11,13-14H,4,7-10,12H2,1-3H3,(H,22,23). The molecular formula is C19H27F2N3O2. The number of rotatable bonds is 5. The molecule has 0 radical (unpaired) electrons. The average Bonchev–Trinajstić information content (AvgIpc) is 2.64. The molecule has 1 aromatic rings. The number of nitrogens with one attached hydrogen (secondary N) is 1. The van der Waals surface area contributed by atoms with Gasteiger partial charge in [-0.05, 0) is 31.4 Å². The predicted molar refractivity (Wildman–Crippen MR) is 97.1 cm³/mol. The quantitative estimate of drug-likeness (QED) is 0.494. The van der Waals surface area contributed by atoms with Crippen molar-refractivity contribution in [1.82, 2.24) is 10.2 Å². The Hall–Kier alpha value is -2.18. The van der Waals surface area contributed by atoms with E-state index in [0.29, 0.717) is 25.2 Å².